The van der Waals surface area contributed by atoms with Crippen LogP contribution < -0.4 is 0 Å². The Morgan fingerprint density at radius 1 is 1.39 bits per heavy atom. The van der Waals surface area contributed by atoms with Gasteiger partial charge in [-0.3, -0.25) is 9.69 Å². The van der Waals surface area contributed by atoms with E-state index in [1.807, 2.05) is 11.8 Å². The van der Waals surface area contributed by atoms with Crippen LogP contribution in [-0.4, -0.2) is 46.6 Å². The fourth-order valence-corrected chi connectivity index (χ4v) is 4.77. The highest BCUT2D eigenvalue weighted by Gasteiger charge is 2.38. The molecule has 0 aromatic rings. The summed E-state index contributed by atoms with van der Waals surface area (Å²) in [6, 6.07) is 0. The highest BCUT2D eigenvalue weighted by molar-refractivity contribution is 7.99. The van der Waals surface area contributed by atoms with Gasteiger partial charge < -0.3 is 5.11 Å². The molecule has 3 nitrogen and oxygen atoms in total. The van der Waals surface area contributed by atoms with Gasteiger partial charge in [0.25, 0.3) is 0 Å². The largest absolute Gasteiger partial charge is 0.481 e. The van der Waals surface area contributed by atoms with Crippen LogP contribution in [0, 0.1) is 5.92 Å². The first-order valence-corrected chi connectivity index (χ1v) is 8.29. The van der Waals surface area contributed by atoms with Crippen LogP contribution >= 0.6 is 11.8 Å². The first kappa shape index (κ1) is 14.2. The molecule has 0 radical (unpaired) electrons. The van der Waals surface area contributed by atoms with Gasteiger partial charge in [0.15, 0.2) is 0 Å². The first-order valence-electron chi connectivity index (χ1n) is 7.13. The second-order valence-corrected chi connectivity index (χ2v) is 7.12. The lowest BCUT2D eigenvalue weighted by Crippen LogP contribution is -2.51. The van der Waals surface area contributed by atoms with Crippen molar-refractivity contribution in [3.05, 3.63) is 0 Å². The van der Waals surface area contributed by atoms with E-state index >= 15 is 0 Å². The molecule has 1 saturated heterocycles. The van der Waals surface area contributed by atoms with Crippen molar-refractivity contribution in [1.29, 1.82) is 0 Å². The Kier molecular flexibility index (Phi) is 4.96. The lowest BCUT2D eigenvalue weighted by atomic mass is 9.77. The average Bonchev–Trinajstić information content (AvgIpc) is 2.82. The van der Waals surface area contributed by atoms with Gasteiger partial charge in [-0.1, -0.05) is 19.3 Å². The molecular weight excluding hydrogens is 246 g/mol. The van der Waals surface area contributed by atoms with E-state index in [1.54, 1.807) is 0 Å². The van der Waals surface area contributed by atoms with Gasteiger partial charge in [0.05, 0.1) is 6.42 Å². The number of hydrogen-bond acceptors (Lipinski definition) is 3. The molecule has 0 bridgehead atoms. The summed E-state index contributed by atoms with van der Waals surface area (Å²) in [5.41, 5.74) is -0.0582. The van der Waals surface area contributed by atoms with Crippen LogP contribution in [0.15, 0.2) is 0 Å². The maximum absolute atomic E-state index is 11.2. The van der Waals surface area contributed by atoms with E-state index in [0.29, 0.717) is 6.42 Å². The third-order valence-corrected chi connectivity index (χ3v) is 5.86. The molecule has 0 amide bonds. The highest BCUT2D eigenvalue weighted by atomic mass is 32.2. The lowest BCUT2D eigenvalue weighted by molar-refractivity contribution is -0.141. The molecule has 2 rings (SSSR count). The molecule has 1 saturated carbocycles. The second kappa shape index (κ2) is 6.29. The zero-order chi connectivity index (χ0) is 13.0. The van der Waals surface area contributed by atoms with Crippen LogP contribution in [0.2, 0.25) is 0 Å². The number of thioether (sulfide) groups is 1. The Morgan fingerprint density at radius 3 is 2.67 bits per heavy atom. The molecule has 0 aromatic heterocycles. The van der Waals surface area contributed by atoms with E-state index in [2.05, 4.69) is 11.9 Å². The lowest BCUT2D eigenvalue weighted by Gasteiger charge is -2.45. The van der Waals surface area contributed by atoms with Crippen LogP contribution in [0.4, 0.5) is 0 Å². The number of rotatable bonds is 5. The zero-order valence-electron chi connectivity index (χ0n) is 11.4. The summed E-state index contributed by atoms with van der Waals surface area (Å²) in [7, 11) is 2.15. The number of carboxylic acids is 1. The molecule has 2 aliphatic rings. The van der Waals surface area contributed by atoms with Crippen molar-refractivity contribution in [2.75, 3.05) is 25.1 Å². The van der Waals surface area contributed by atoms with Gasteiger partial charge in [0.2, 0.25) is 0 Å². The van der Waals surface area contributed by atoms with Crippen molar-refractivity contribution in [2.24, 2.45) is 5.92 Å². The molecule has 1 heterocycles. The molecule has 0 aromatic carbocycles. The average molecular weight is 271 g/mol. The van der Waals surface area contributed by atoms with Gasteiger partial charge in [0.1, 0.15) is 0 Å². The summed E-state index contributed by atoms with van der Waals surface area (Å²) < 4.78 is 0. The molecule has 0 spiro atoms. The van der Waals surface area contributed by atoms with Crippen molar-refractivity contribution in [3.63, 3.8) is 0 Å². The minimum absolute atomic E-state index is 0.0582. The molecule has 1 aliphatic carbocycles. The van der Waals surface area contributed by atoms with Gasteiger partial charge >= 0.3 is 5.97 Å². The summed E-state index contributed by atoms with van der Waals surface area (Å²) in [5.74, 6) is 2.68. The third-order valence-electron chi connectivity index (χ3n) is 4.63. The fraction of sp³-hybridized carbons (Fsp3) is 0.929. The van der Waals surface area contributed by atoms with Crippen molar-refractivity contribution >= 4 is 17.7 Å². The van der Waals surface area contributed by atoms with E-state index < -0.39 is 5.97 Å². The molecule has 1 N–H and O–H groups in total. The topological polar surface area (TPSA) is 40.5 Å². The van der Waals surface area contributed by atoms with E-state index in [9.17, 15) is 9.90 Å². The Balaban J connectivity index is 1.99. The van der Waals surface area contributed by atoms with Crippen LogP contribution in [0.25, 0.3) is 0 Å². The molecule has 1 unspecified atom stereocenters. The summed E-state index contributed by atoms with van der Waals surface area (Å²) >= 11 is 2.04. The SMILES string of the molecule is CN(CC1CCSC1)C1(CC(=O)O)CCCCC1. The first-order chi connectivity index (χ1) is 8.62. The Bertz CT molecular complexity index is 284. The van der Waals surface area contributed by atoms with Crippen LogP contribution in [0.1, 0.15) is 44.9 Å². The zero-order valence-corrected chi connectivity index (χ0v) is 12.2. The Labute approximate surface area is 114 Å². The van der Waals surface area contributed by atoms with Crippen LogP contribution in [0.5, 0.6) is 0 Å². The highest BCUT2D eigenvalue weighted by Crippen LogP contribution is 2.37. The van der Waals surface area contributed by atoms with E-state index in [1.165, 1.54) is 37.2 Å². The molecule has 1 aliphatic heterocycles. The second-order valence-electron chi connectivity index (χ2n) is 5.97. The Morgan fingerprint density at radius 2 is 2.11 bits per heavy atom. The van der Waals surface area contributed by atoms with Gasteiger partial charge in [-0.2, -0.15) is 11.8 Å². The number of aliphatic carboxylic acids is 1. The maximum Gasteiger partial charge on any atom is 0.305 e. The van der Waals surface area contributed by atoms with Crippen molar-refractivity contribution in [1.82, 2.24) is 4.90 Å². The van der Waals surface area contributed by atoms with Gasteiger partial charge in [0, 0.05) is 12.1 Å². The minimum atomic E-state index is -0.635. The minimum Gasteiger partial charge on any atom is -0.481 e. The third kappa shape index (κ3) is 3.41. The molecule has 4 heteroatoms. The predicted octanol–water partition coefficient (Wildman–Crippen LogP) is 2.85. The standard InChI is InChI=1S/C14H25NO2S/c1-15(10-12-5-8-18-11-12)14(9-13(16)17)6-3-2-4-7-14/h12H,2-11H2,1H3,(H,16,17). The van der Waals surface area contributed by atoms with Crippen LogP contribution in [-0.2, 0) is 4.79 Å². The number of carboxylic acid groups (broad SMARTS) is 1. The molecule has 1 atom stereocenters. The normalized spacial score (nSPS) is 27.6. The number of carbonyl (C=O) groups is 1. The Hall–Kier alpha value is -0.220. The number of hydrogen-bond donors (Lipinski definition) is 1. The van der Waals surface area contributed by atoms with Gasteiger partial charge in [-0.05, 0) is 43.7 Å². The molecule has 2 fully saturated rings. The van der Waals surface area contributed by atoms with Crippen molar-refractivity contribution in [2.45, 2.75) is 50.5 Å². The summed E-state index contributed by atoms with van der Waals surface area (Å²) in [4.78, 5) is 13.6. The van der Waals surface area contributed by atoms with E-state index in [-0.39, 0.29) is 5.54 Å². The maximum atomic E-state index is 11.2. The summed E-state index contributed by atoms with van der Waals surface area (Å²) in [6.45, 7) is 1.08. The van der Waals surface area contributed by atoms with Gasteiger partial charge in [-0.25, -0.2) is 0 Å². The summed E-state index contributed by atoms with van der Waals surface area (Å²) in [6.07, 6.45) is 7.41. The van der Waals surface area contributed by atoms with E-state index in [0.717, 1.165) is 25.3 Å². The van der Waals surface area contributed by atoms with E-state index in [4.69, 9.17) is 0 Å². The molecular formula is C14H25NO2S. The van der Waals surface area contributed by atoms with Crippen molar-refractivity contribution < 1.29 is 9.90 Å². The fourth-order valence-electron chi connectivity index (χ4n) is 3.49. The predicted molar refractivity (Wildman–Crippen MR) is 76.1 cm³/mol. The van der Waals surface area contributed by atoms with Crippen LogP contribution in [0.3, 0.4) is 0 Å². The molecule has 104 valence electrons. The summed E-state index contributed by atoms with van der Waals surface area (Å²) in [5, 5.41) is 9.21. The number of nitrogens with zero attached hydrogens (tertiary/aromatic N) is 1. The van der Waals surface area contributed by atoms with Gasteiger partial charge in [-0.15, -0.1) is 0 Å². The van der Waals surface area contributed by atoms with Crippen molar-refractivity contribution in [3.8, 4) is 0 Å². The smallest absolute Gasteiger partial charge is 0.305 e. The molecule has 18 heavy (non-hydrogen) atoms. The monoisotopic (exact) mass is 271 g/mol. The quantitative estimate of drug-likeness (QED) is 0.835.